The summed E-state index contributed by atoms with van der Waals surface area (Å²) in [6, 6.07) is 4.08. The van der Waals surface area contributed by atoms with Gasteiger partial charge in [-0.15, -0.1) is 0 Å². The van der Waals surface area contributed by atoms with Gasteiger partial charge < -0.3 is 11.1 Å². The molecule has 1 aromatic rings. The summed E-state index contributed by atoms with van der Waals surface area (Å²) in [5.74, 6) is 0. The first-order valence-corrected chi connectivity index (χ1v) is 7.45. The van der Waals surface area contributed by atoms with E-state index in [0.29, 0.717) is 12.1 Å². The summed E-state index contributed by atoms with van der Waals surface area (Å²) in [5, 5.41) is 2.47. The highest BCUT2D eigenvalue weighted by molar-refractivity contribution is 7.89. The lowest BCUT2D eigenvalue weighted by atomic mass is 10.2. The number of nitrogen functional groups attached to an aromatic ring is 1. The van der Waals surface area contributed by atoms with Gasteiger partial charge in [0.25, 0.3) is 10.0 Å². The average Bonchev–Trinajstić information content (AvgIpc) is 2.33. The predicted molar refractivity (Wildman–Crippen MR) is 74.2 cm³/mol. The molecule has 0 atom stereocenters. The number of benzene rings is 1. The zero-order valence-corrected chi connectivity index (χ0v) is 12.1. The lowest BCUT2D eigenvalue weighted by Crippen LogP contribution is -2.43. The Kier molecular flexibility index (Phi) is 4.77. The van der Waals surface area contributed by atoms with Gasteiger partial charge in [0.15, 0.2) is 0 Å². The molecule has 3 N–H and O–H groups in total. The number of carbonyl (C=O) groups is 1. The zero-order chi connectivity index (χ0) is 14.6. The molecule has 6 nitrogen and oxygen atoms in total. The van der Waals surface area contributed by atoms with Crippen molar-refractivity contribution in [3.05, 3.63) is 23.8 Å². The number of rotatable bonds is 4. The van der Waals surface area contributed by atoms with Crippen molar-refractivity contribution < 1.29 is 13.2 Å². The number of para-hydroxylation sites is 1. The van der Waals surface area contributed by atoms with E-state index in [-0.39, 0.29) is 17.1 Å². The molecule has 1 rings (SSSR count). The van der Waals surface area contributed by atoms with Crippen LogP contribution < -0.4 is 11.1 Å². The van der Waals surface area contributed by atoms with Crippen molar-refractivity contribution in [2.45, 2.75) is 25.7 Å². The largest absolute Gasteiger partial charge is 0.397 e. The number of hydrogen-bond acceptors (Lipinski definition) is 4. The third kappa shape index (κ3) is 2.98. The van der Waals surface area contributed by atoms with E-state index >= 15 is 0 Å². The summed E-state index contributed by atoms with van der Waals surface area (Å²) in [6.07, 6.45) is 0. The van der Waals surface area contributed by atoms with Gasteiger partial charge in [0.2, 0.25) is 0 Å². The molecule has 0 bridgehead atoms. The third-order valence-corrected chi connectivity index (χ3v) is 4.61. The summed E-state index contributed by atoms with van der Waals surface area (Å²) in [5.41, 5.74) is 6.63. The second-order valence-electron chi connectivity index (χ2n) is 3.99. The van der Waals surface area contributed by atoms with Crippen molar-refractivity contribution in [3.8, 4) is 0 Å². The van der Waals surface area contributed by atoms with Gasteiger partial charge >= 0.3 is 6.03 Å². The van der Waals surface area contributed by atoms with Crippen molar-refractivity contribution >= 4 is 21.7 Å². The Hall–Kier alpha value is -1.76. The zero-order valence-electron chi connectivity index (χ0n) is 11.3. The molecule has 0 spiro atoms. The van der Waals surface area contributed by atoms with Crippen LogP contribution >= 0.6 is 0 Å². The first-order valence-electron chi connectivity index (χ1n) is 6.01. The van der Waals surface area contributed by atoms with Crippen molar-refractivity contribution in [2.24, 2.45) is 0 Å². The number of sulfonamides is 1. The lowest BCUT2D eigenvalue weighted by Gasteiger charge is -2.22. The quantitative estimate of drug-likeness (QED) is 0.816. The minimum absolute atomic E-state index is 0.0411. The maximum Gasteiger partial charge on any atom is 0.331 e. The monoisotopic (exact) mass is 285 g/mol. The van der Waals surface area contributed by atoms with E-state index in [0.717, 1.165) is 4.31 Å². The number of hydrogen-bond donors (Lipinski definition) is 2. The van der Waals surface area contributed by atoms with Crippen molar-refractivity contribution in [2.75, 3.05) is 18.8 Å². The Morgan fingerprint density at radius 2 is 2.00 bits per heavy atom. The number of aryl methyl sites for hydroxylation is 1. The molecule has 0 aliphatic carbocycles. The number of urea groups is 1. The lowest BCUT2D eigenvalue weighted by molar-refractivity contribution is 0.225. The van der Waals surface area contributed by atoms with Crippen LogP contribution in [0.5, 0.6) is 0 Å². The smallest absolute Gasteiger partial charge is 0.331 e. The maximum absolute atomic E-state index is 12.4. The van der Waals surface area contributed by atoms with E-state index in [4.69, 9.17) is 5.73 Å². The Bertz CT molecular complexity index is 570. The molecule has 0 unspecified atom stereocenters. The standard InChI is InChI=1S/C12H19N3O3S/c1-4-14-12(16)15(5-2)19(17,18)10-8-6-7-9(3)11(10)13/h6-8H,4-5,13H2,1-3H3,(H,14,16). The molecule has 106 valence electrons. The topological polar surface area (TPSA) is 92.5 Å². The number of nitrogens with one attached hydrogen (secondary N) is 1. The molecule has 0 fully saturated rings. The number of amides is 2. The van der Waals surface area contributed by atoms with Crippen LogP contribution in [0.15, 0.2) is 23.1 Å². The molecule has 1 aromatic carbocycles. The van der Waals surface area contributed by atoms with Crippen molar-refractivity contribution in [1.29, 1.82) is 0 Å². The number of nitrogens with zero attached hydrogens (tertiary/aromatic N) is 1. The highest BCUT2D eigenvalue weighted by atomic mass is 32.2. The first-order chi connectivity index (χ1) is 8.86. The van der Waals surface area contributed by atoms with Crippen LogP contribution in [0, 0.1) is 6.92 Å². The second kappa shape index (κ2) is 5.92. The molecular weight excluding hydrogens is 266 g/mol. The summed E-state index contributed by atoms with van der Waals surface area (Å²) in [4.78, 5) is 11.7. The van der Waals surface area contributed by atoms with Gasteiger partial charge in [-0.25, -0.2) is 17.5 Å². The van der Waals surface area contributed by atoms with Crippen LogP contribution in [0.2, 0.25) is 0 Å². The molecule has 0 radical (unpaired) electrons. The van der Waals surface area contributed by atoms with E-state index in [1.54, 1.807) is 32.9 Å². The van der Waals surface area contributed by atoms with Crippen molar-refractivity contribution in [3.63, 3.8) is 0 Å². The number of carbonyl (C=O) groups excluding carboxylic acids is 1. The molecule has 0 aromatic heterocycles. The van der Waals surface area contributed by atoms with Crippen LogP contribution in [0.25, 0.3) is 0 Å². The predicted octanol–water partition coefficient (Wildman–Crippen LogP) is 1.32. The molecular formula is C12H19N3O3S. The second-order valence-corrected chi connectivity index (χ2v) is 5.82. The first kappa shape index (κ1) is 15.3. The summed E-state index contributed by atoms with van der Waals surface area (Å²) >= 11 is 0. The van der Waals surface area contributed by atoms with Crippen molar-refractivity contribution in [1.82, 2.24) is 9.62 Å². The fraction of sp³-hybridized carbons (Fsp3) is 0.417. The maximum atomic E-state index is 12.4. The fourth-order valence-electron chi connectivity index (χ4n) is 1.66. The molecule has 7 heteroatoms. The van der Waals surface area contributed by atoms with Gasteiger partial charge in [0.1, 0.15) is 4.90 Å². The molecule has 2 amide bonds. The van der Waals surface area contributed by atoms with Gasteiger partial charge in [-0.3, -0.25) is 0 Å². The highest BCUT2D eigenvalue weighted by Crippen LogP contribution is 2.24. The van der Waals surface area contributed by atoms with Crippen LogP contribution in [0.3, 0.4) is 0 Å². The minimum atomic E-state index is -3.93. The van der Waals surface area contributed by atoms with Gasteiger partial charge in [0.05, 0.1) is 5.69 Å². The third-order valence-electron chi connectivity index (χ3n) is 2.69. The minimum Gasteiger partial charge on any atom is -0.397 e. The molecule has 0 saturated heterocycles. The van der Waals surface area contributed by atoms with E-state index < -0.39 is 16.1 Å². The van der Waals surface area contributed by atoms with Gasteiger partial charge in [0, 0.05) is 13.1 Å². The van der Waals surface area contributed by atoms with Gasteiger partial charge in [-0.05, 0) is 32.4 Å². The fourth-order valence-corrected chi connectivity index (χ4v) is 3.21. The van der Waals surface area contributed by atoms with Crippen LogP contribution in [-0.2, 0) is 10.0 Å². The van der Waals surface area contributed by atoms with E-state index in [9.17, 15) is 13.2 Å². The van der Waals surface area contributed by atoms with Gasteiger partial charge in [-0.2, -0.15) is 0 Å². The summed E-state index contributed by atoms with van der Waals surface area (Å²) in [6.45, 7) is 5.44. The average molecular weight is 285 g/mol. The number of anilines is 1. The van der Waals surface area contributed by atoms with Crippen LogP contribution in [0.4, 0.5) is 10.5 Å². The molecule has 19 heavy (non-hydrogen) atoms. The number of nitrogens with two attached hydrogens (primary N) is 1. The Morgan fingerprint density at radius 3 is 2.53 bits per heavy atom. The molecule has 0 aliphatic rings. The van der Waals surface area contributed by atoms with E-state index in [1.807, 2.05) is 0 Å². The summed E-state index contributed by atoms with van der Waals surface area (Å²) in [7, 11) is -3.93. The molecule has 0 saturated carbocycles. The highest BCUT2D eigenvalue weighted by Gasteiger charge is 2.29. The van der Waals surface area contributed by atoms with E-state index in [1.165, 1.54) is 6.07 Å². The van der Waals surface area contributed by atoms with Gasteiger partial charge in [-0.1, -0.05) is 12.1 Å². The van der Waals surface area contributed by atoms with Crippen LogP contribution in [-0.4, -0.2) is 31.8 Å². The molecule has 0 heterocycles. The normalized spacial score (nSPS) is 11.1. The molecule has 0 aliphatic heterocycles. The van der Waals surface area contributed by atoms with E-state index in [2.05, 4.69) is 5.32 Å². The van der Waals surface area contributed by atoms with Crippen LogP contribution in [0.1, 0.15) is 19.4 Å². The Labute approximate surface area is 113 Å². The Balaban J connectivity index is 3.29. The summed E-state index contributed by atoms with van der Waals surface area (Å²) < 4.78 is 25.7. The Morgan fingerprint density at radius 1 is 1.37 bits per heavy atom. The SMILES string of the molecule is CCNC(=O)N(CC)S(=O)(=O)c1cccc(C)c1N.